The molecule has 2 atom stereocenters. The minimum Gasteiger partial charge on any atom is -0.300 e. The molecule has 1 aromatic rings. The number of ketones is 1. The number of benzene rings is 1. The Kier molecular flexibility index (Phi) is 3.20. The van der Waals surface area contributed by atoms with E-state index in [-0.39, 0.29) is 0 Å². The summed E-state index contributed by atoms with van der Waals surface area (Å²) in [4.78, 5) is 11.4. The lowest BCUT2D eigenvalue weighted by Gasteiger charge is -2.27. The Morgan fingerprint density at radius 3 is 2.60 bits per heavy atom. The van der Waals surface area contributed by atoms with Gasteiger partial charge in [-0.3, -0.25) is 4.79 Å². The first-order valence-corrected chi connectivity index (χ1v) is 5.83. The fourth-order valence-electron chi connectivity index (χ4n) is 2.59. The predicted molar refractivity (Wildman–Crippen MR) is 61.8 cm³/mol. The van der Waals surface area contributed by atoms with E-state index in [9.17, 15) is 4.79 Å². The van der Waals surface area contributed by atoms with Crippen molar-refractivity contribution in [2.75, 3.05) is 0 Å². The molecule has 0 aliphatic heterocycles. The first kappa shape index (κ1) is 10.4. The summed E-state index contributed by atoms with van der Waals surface area (Å²) in [5.41, 5.74) is 1.41. The number of rotatable bonds is 2. The van der Waals surface area contributed by atoms with Crippen LogP contribution in [0.1, 0.15) is 44.1 Å². The second-order valence-corrected chi connectivity index (χ2v) is 4.58. The zero-order valence-electron chi connectivity index (χ0n) is 9.28. The smallest absolute Gasteiger partial charge is 0.132 e. The van der Waals surface area contributed by atoms with Crippen molar-refractivity contribution < 1.29 is 4.79 Å². The van der Waals surface area contributed by atoms with Gasteiger partial charge in [-0.25, -0.2) is 0 Å². The lowest BCUT2D eigenvalue weighted by molar-refractivity contribution is -0.121. The summed E-state index contributed by atoms with van der Waals surface area (Å²) in [6.07, 6.45) is 4.59. The third kappa shape index (κ3) is 2.47. The van der Waals surface area contributed by atoms with Crippen LogP contribution in [0.25, 0.3) is 0 Å². The molecule has 0 N–H and O–H groups in total. The van der Waals surface area contributed by atoms with Crippen LogP contribution in [-0.4, -0.2) is 5.78 Å². The van der Waals surface area contributed by atoms with Crippen molar-refractivity contribution >= 4 is 5.78 Å². The summed E-state index contributed by atoms with van der Waals surface area (Å²) in [6.45, 7) is 1.73. The molecule has 1 heteroatoms. The van der Waals surface area contributed by atoms with Crippen LogP contribution in [0.3, 0.4) is 0 Å². The molecule has 2 unspecified atom stereocenters. The standard InChI is InChI=1S/C14H18O/c1-11(15)13-8-5-9-14(10-13)12-6-3-2-4-7-12/h2-4,6-7,13-14H,5,8-10H2,1H3. The van der Waals surface area contributed by atoms with Gasteiger partial charge in [0.15, 0.2) is 0 Å². The summed E-state index contributed by atoms with van der Waals surface area (Å²) in [6, 6.07) is 10.6. The van der Waals surface area contributed by atoms with E-state index in [4.69, 9.17) is 0 Å². The van der Waals surface area contributed by atoms with Gasteiger partial charge in [-0.1, -0.05) is 36.8 Å². The van der Waals surface area contributed by atoms with E-state index in [0.717, 1.165) is 12.8 Å². The van der Waals surface area contributed by atoms with Gasteiger partial charge in [0.2, 0.25) is 0 Å². The molecule has 80 valence electrons. The van der Waals surface area contributed by atoms with Crippen LogP contribution in [0.2, 0.25) is 0 Å². The van der Waals surface area contributed by atoms with E-state index in [0.29, 0.717) is 17.6 Å². The molecular formula is C14H18O. The molecule has 1 aliphatic carbocycles. The van der Waals surface area contributed by atoms with E-state index in [1.54, 1.807) is 6.92 Å². The Morgan fingerprint density at radius 2 is 1.93 bits per heavy atom. The lowest BCUT2D eigenvalue weighted by atomic mass is 9.77. The minimum atomic E-state index is 0.309. The van der Waals surface area contributed by atoms with Crippen molar-refractivity contribution in [1.82, 2.24) is 0 Å². The zero-order chi connectivity index (χ0) is 10.7. The highest BCUT2D eigenvalue weighted by Gasteiger charge is 2.25. The van der Waals surface area contributed by atoms with Gasteiger partial charge < -0.3 is 0 Å². The van der Waals surface area contributed by atoms with Gasteiger partial charge in [-0.05, 0) is 37.7 Å². The van der Waals surface area contributed by atoms with Crippen LogP contribution in [0.5, 0.6) is 0 Å². The molecule has 15 heavy (non-hydrogen) atoms. The van der Waals surface area contributed by atoms with Crippen molar-refractivity contribution in [2.24, 2.45) is 5.92 Å². The molecule has 0 radical (unpaired) electrons. The molecule has 0 saturated heterocycles. The SMILES string of the molecule is CC(=O)C1CCCC(c2ccccc2)C1. The minimum absolute atomic E-state index is 0.309. The third-order valence-electron chi connectivity index (χ3n) is 3.52. The van der Waals surface area contributed by atoms with Crippen LogP contribution in [0.4, 0.5) is 0 Å². The summed E-state index contributed by atoms with van der Waals surface area (Å²) in [5, 5.41) is 0. The second-order valence-electron chi connectivity index (χ2n) is 4.58. The summed E-state index contributed by atoms with van der Waals surface area (Å²) in [5.74, 6) is 1.29. The number of hydrogen-bond donors (Lipinski definition) is 0. The van der Waals surface area contributed by atoms with Gasteiger partial charge in [-0.15, -0.1) is 0 Å². The average Bonchev–Trinajstić information content (AvgIpc) is 2.30. The van der Waals surface area contributed by atoms with E-state index in [2.05, 4.69) is 30.3 Å². The van der Waals surface area contributed by atoms with Crippen LogP contribution in [-0.2, 0) is 4.79 Å². The van der Waals surface area contributed by atoms with Gasteiger partial charge in [0.25, 0.3) is 0 Å². The molecule has 1 fully saturated rings. The van der Waals surface area contributed by atoms with Crippen molar-refractivity contribution in [3.63, 3.8) is 0 Å². The third-order valence-corrected chi connectivity index (χ3v) is 3.52. The average molecular weight is 202 g/mol. The normalized spacial score (nSPS) is 26.2. The summed E-state index contributed by atoms with van der Waals surface area (Å²) >= 11 is 0. The zero-order valence-corrected chi connectivity index (χ0v) is 9.28. The molecule has 0 spiro atoms. The number of Topliss-reactive ketones (excluding diaryl/α,β-unsaturated/α-hetero) is 1. The molecule has 0 aromatic heterocycles. The van der Waals surface area contributed by atoms with E-state index >= 15 is 0 Å². The Hall–Kier alpha value is -1.11. The van der Waals surface area contributed by atoms with Crippen molar-refractivity contribution in [3.8, 4) is 0 Å². The molecule has 1 saturated carbocycles. The van der Waals surface area contributed by atoms with Crippen LogP contribution < -0.4 is 0 Å². The van der Waals surface area contributed by atoms with Gasteiger partial charge in [-0.2, -0.15) is 0 Å². The molecular weight excluding hydrogens is 184 g/mol. The monoisotopic (exact) mass is 202 g/mol. The topological polar surface area (TPSA) is 17.1 Å². The Bertz CT molecular complexity index is 328. The molecule has 1 aliphatic rings. The van der Waals surface area contributed by atoms with Crippen LogP contribution >= 0.6 is 0 Å². The van der Waals surface area contributed by atoms with Gasteiger partial charge >= 0.3 is 0 Å². The number of carbonyl (C=O) groups excluding carboxylic acids is 1. The number of hydrogen-bond acceptors (Lipinski definition) is 1. The molecule has 1 aromatic carbocycles. The molecule has 2 rings (SSSR count). The fraction of sp³-hybridized carbons (Fsp3) is 0.500. The Balaban J connectivity index is 2.08. The summed E-state index contributed by atoms with van der Waals surface area (Å²) in [7, 11) is 0. The van der Waals surface area contributed by atoms with Crippen molar-refractivity contribution in [3.05, 3.63) is 35.9 Å². The summed E-state index contributed by atoms with van der Waals surface area (Å²) < 4.78 is 0. The van der Waals surface area contributed by atoms with E-state index in [1.165, 1.54) is 18.4 Å². The van der Waals surface area contributed by atoms with Crippen LogP contribution in [0, 0.1) is 5.92 Å². The largest absolute Gasteiger partial charge is 0.300 e. The van der Waals surface area contributed by atoms with Gasteiger partial charge in [0.05, 0.1) is 0 Å². The Morgan fingerprint density at radius 1 is 1.20 bits per heavy atom. The van der Waals surface area contributed by atoms with Gasteiger partial charge in [0.1, 0.15) is 5.78 Å². The van der Waals surface area contributed by atoms with E-state index in [1.807, 2.05) is 0 Å². The van der Waals surface area contributed by atoms with Crippen molar-refractivity contribution in [2.45, 2.75) is 38.5 Å². The predicted octanol–water partition coefficient (Wildman–Crippen LogP) is 3.55. The highest BCUT2D eigenvalue weighted by atomic mass is 16.1. The molecule has 1 nitrogen and oxygen atoms in total. The maximum absolute atomic E-state index is 11.4. The molecule has 0 heterocycles. The quantitative estimate of drug-likeness (QED) is 0.716. The first-order chi connectivity index (χ1) is 7.27. The first-order valence-electron chi connectivity index (χ1n) is 5.83. The Labute approximate surface area is 91.5 Å². The highest BCUT2D eigenvalue weighted by molar-refractivity contribution is 5.78. The molecule has 0 amide bonds. The maximum atomic E-state index is 11.4. The van der Waals surface area contributed by atoms with Crippen LogP contribution in [0.15, 0.2) is 30.3 Å². The van der Waals surface area contributed by atoms with E-state index < -0.39 is 0 Å². The molecule has 0 bridgehead atoms. The second kappa shape index (κ2) is 4.61. The fourth-order valence-corrected chi connectivity index (χ4v) is 2.59. The highest BCUT2D eigenvalue weighted by Crippen LogP contribution is 2.36. The number of carbonyl (C=O) groups is 1. The lowest BCUT2D eigenvalue weighted by Crippen LogP contribution is -2.19. The van der Waals surface area contributed by atoms with Crippen molar-refractivity contribution in [1.29, 1.82) is 0 Å². The van der Waals surface area contributed by atoms with Gasteiger partial charge in [0, 0.05) is 5.92 Å². The maximum Gasteiger partial charge on any atom is 0.132 e.